The van der Waals surface area contributed by atoms with Gasteiger partial charge in [0.25, 0.3) is 0 Å². The number of rotatable bonds is 5. The van der Waals surface area contributed by atoms with E-state index in [2.05, 4.69) is 127 Å². The van der Waals surface area contributed by atoms with E-state index in [-0.39, 0.29) is 0 Å². The quantitative estimate of drug-likeness (QED) is 0.168. The number of hydrogen-bond acceptors (Lipinski definition) is 4. The summed E-state index contributed by atoms with van der Waals surface area (Å²) >= 11 is 0. The Bertz CT molecular complexity index is 3190. The van der Waals surface area contributed by atoms with Crippen molar-refractivity contribution < 1.29 is 4.42 Å². The minimum Gasteiger partial charge on any atom is -0.455 e. The summed E-state index contributed by atoms with van der Waals surface area (Å²) in [5.74, 6) is 1.74. The lowest BCUT2D eigenvalue weighted by Gasteiger charge is -2.14. The predicted octanol–water partition coefficient (Wildman–Crippen LogP) is 13.2. The predicted molar refractivity (Wildman–Crippen MR) is 224 cm³/mol. The number of aromatic nitrogens is 3. The van der Waals surface area contributed by atoms with Gasteiger partial charge in [-0.1, -0.05) is 146 Å². The molecule has 4 heteroatoms. The maximum atomic E-state index is 6.85. The number of benzene rings is 8. The molecule has 254 valence electrons. The van der Waals surface area contributed by atoms with E-state index >= 15 is 0 Å². The molecule has 9 aromatic carbocycles. The fourth-order valence-electron chi connectivity index (χ4n) is 8.00. The van der Waals surface area contributed by atoms with Crippen molar-refractivity contribution in [1.29, 1.82) is 0 Å². The van der Waals surface area contributed by atoms with E-state index in [1.165, 1.54) is 0 Å². The van der Waals surface area contributed by atoms with Crippen LogP contribution in [0.5, 0.6) is 0 Å². The van der Waals surface area contributed by atoms with E-state index in [1.807, 2.05) is 60.7 Å². The molecule has 0 atom stereocenters. The summed E-state index contributed by atoms with van der Waals surface area (Å²) in [7, 11) is 0. The average Bonchev–Trinajstić information content (AvgIpc) is 3.66. The molecular formula is C51H29N3O. The molecule has 0 bridgehead atoms. The van der Waals surface area contributed by atoms with E-state index in [1.54, 1.807) is 0 Å². The van der Waals surface area contributed by atoms with Crippen LogP contribution < -0.4 is 0 Å². The highest BCUT2D eigenvalue weighted by atomic mass is 16.3. The highest BCUT2D eigenvalue weighted by molar-refractivity contribution is 6.34. The topological polar surface area (TPSA) is 51.8 Å². The molecule has 0 unspecified atom stereocenters. The molecule has 11 rings (SSSR count). The number of furan rings is 1. The van der Waals surface area contributed by atoms with Gasteiger partial charge in [0.15, 0.2) is 17.5 Å². The normalized spacial score (nSPS) is 11.5. The van der Waals surface area contributed by atoms with Crippen LogP contribution in [0.25, 0.3) is 111 Å². The Labute approximate surface area is 317 Å². The van der Waals surface area contributed by atoms with Gasteiger partial charge in [-0.15, -0.1) is 0 Å². The maximum Gasteiger partial charge on any atom is 0.164 e. The van der Waals surface area contributed by atoms with E-state index in [9.17, 15) is 0 Å². The van der Waals surface area contributed by atoms with Crippen molar-refractivity contribution in [2.45, 2.75) is 0 Å². The molecular weight excluding hydrogens is 671 g/mol. The monoisotopic (exact) mass is 699 g/mol. The SMILES string of the molecule is c1ccc2c(c#1)c1cc(-c3nc(-c4ccccc4)nc(-c4cc(-c5ccccc5)cc(-c5ccccc5)c4)n3)c3c4ccccc4oc3c1c1ccccc21. The van der Waals surface area contributed by atoms with Gasteiger partial charge < -0.3 is 4.42 Å². The van der Waals surface area contributed by atoms with E-state index in [4.69, 9.17) is 19.4 Å². The minimum atomic E-state index is 0.565. The Morgan fingerprint density at radius 1 is 0.382 bits per heavy atom. The van der Waals surface area contributed by atoms with Crippen molar-refractivity contribution in [1.82, 2.24) is 15.0 Å². The summed E-state index contributed by atoms with van der Waals surface area (Å²) in [6.45, 7) is 0. The minimum absolute atomic E-state index is 0.565. The van der Waals surface area contributed by atoms with E-state index < -0.39 is 0 Å². The molecule has 0 aliphatic rings. The van der Waals surface area contributed by atoms with Crippen LogP contribution >= 0.6 is 0 Å². The highest BCUT2D eigenvalue weighted by Crippen LogP contribution is 2.45. The third kappa shape index (κ3) is 5.14. The van der Waals surface area contributed by atoms with Gasteiger partial charge in [0.1, 0.15) is 11.2 Å². The Kier molecular flexibility index (Phi) is 7.05. The molecule has 2 aromatic heterocycles. The average molecular weight is 700 g/mol. The van der Waals surface area contributed by atoms with Crippen LogP contribution in [0.1, 0.15) is 0 Å². The summed E-state index contributed by atoms with van der Waals surface area (Å²) in [6, 6.07) is 67.4. The van der Waals surface area contributed by atoms with E-state index in [0.717, 1.165) is 93.2 Å². The van der Waals surface area contributed by atoms with Gasteiger partial charge in [-0.25, -0.2) is 15.0 Å². The lowest BCUT2D eigenvalue weighted by molar-refractivity contribution is 0.673. The lowest BCUT2D eigenvalue weighted by Crippen LogP contribution is -2.01. The molecule has 0 aliphatic carbocycles. The summed E-state index contributed by atoms with van der Waals surface area (Å²) in [4.78, 5) is 15.8. The molecule has 0 radical (unpaired) electrons. The zero-order chi connectivity index (χ0) is 36.3. The Balaban J connectivity index is 1.26. The van der Waals surface area contributed by atoms with E-state index in [0.29, 0.717) is 17.5 Å². The van der Waals surface area contributed by atoms with Crippen molar-refractivity contribution in [2.24, 2.45) is 0 Å². The van der Waals surface area contributed by atoms with Crippen LogP contribution in [0.2, 0.25) is 0 Å². The number of fused-ring (bicyclic) bond motifs is 10. The maximum absolute atomic E-state index is 6.85. The van der Waals surface area contributed by atoms with Gasteiger partial charge >= 0.3 is 0 Å². The standard InChI is InChI=1S/C51H29N3O/c1-4-16-32(17-5-1)35-28-36(33-18-6-2-7-19-33)30-37(29-35)50-52-49(34-20-8-3-9-21-34)53-51(54-50)44-31-43-40-24-11-10-22-38(40)39-23-12-13-25-41(39)46(43)48-47(44)42-26-14-15-27-45(42)55-48/h1-10,12-23,25-31H. The largest absolute Gasteiger partial charge is 0.455 e. The summed E-state index contributed by atoms with van der Waals surface area (Å²) in [5.41, 5.74) is 8.67. The van der Waals surface area contributed by atoms with Crippen LogP contribution in [0.4, 0.5) is 0 Å². The Morgan fingerprint density at radius 2 is 0.927 bits per heavy atom. The summed E-state index contributed by atoms with van der Waals surface area (Å²) in [5, 5.41) is 8.35. The van der Waals surface area contributed by atoms with Gasteiger partial charge in [0.2, 0.25) is 0 Å². The fourth-order valence-corrected chi connectivity index (χ4v) is 8.00. The third-order valence-electron chi connectivity index (χ3n) is 10.5. The molecule has 4 nitrogen and oxygen atoms in total. The molecule has 0 amide bonds. The summed E-state index contributed by atoms with van der Waals surface area (Å²) < 4.78 is 6.85. The second-order valence-electron chi connectivity index (χ2n) is 13.8. The molecule has 2 heterocycles. The Hall–Kier alpha value is -7.61. The molecule has 0 N–H and O–H groups in total. The van der Waals surface area contributed by atoms with Crippen LogP contribution in [0, 0.1) is 12.1 Å². The zero-order valence-electron chi connectivity index (χ0n) is 29.5. The highest BCUT2D eigenvalue weighted by Gasteiger charge is 2.23. The van der Waals surface area contributed by atoms with Crippen LogP contribution in [0.3, 0.4) is 0 Å². The van der Waals surface area contributed by atoms with Crippen LogP contribution in [0.15, 0.2) is 180 Å². The smallest absolute Gasteiger partial charge is 0.164 e. The van der Waals surface area contributed by atoms with Gasteiger partial charge in [0, 0.05) is 43.6 Å². The Morgan fingerprint density at radius 3 is 1.62 bits per heavy atom. The van der Waals surface area contributed by atoms with Crippen molar-refractivity contribution in [3.63, 3.8) is 0 Å². The third-order valence-corrected chi connectivity index (χ3v) is 10.5. The molecule has 0 aliphatic heterocycles. The van der Waals surface area contributed by atoms with Crippen LogP contribution in [-0.4, -0.2) is 15.0 Å². The molecule has 0 spiro atoms. The van der Waals surface area contributed by atoms with Crippen molar-refractivity contribution >= 4 is 54.3 Å². The molecule has 55 heavy (non-hydrogen) atoms. The van der Waals surface area contributed by atoms with Gasteiger partial charge in [-0.3, -0.25) is 0 Å². The number of para-hydroxylation sites is 1. The lowest BCUT2D eigenvalue weighted by atomic mass is 9.91. The first-order valence-electron chi connectivity index (χ1n) is 18.4. The summed E-state index contributed by atoms with van der Waals surface area (Å²) in [6.07, 6.45) is 0. The van der Waals surface area contributed by atoms with Crippen molar-refractivity contribution in [3.05, 3.63) is 188 Å². The molecule has 0 fully saturated rings. The molecule has 11 aromatic rings. The molecule has 0 saturated carbocycles. The first kappa shape index (κ1) is 31.0. The first-order chi connectivity index (χ1) is 27.3. The van der Waals surface area contributed by atoms with Crippen LogP contribution in [-0.2, 0) is 0 Å². The van der Waals surface area contributed by atoms with Gasteiger partial charge in [-0.2, -0.15) is 0 Å². The molecule has 0 saturated heterocycles. The number of hydrogen-bond donors (Lipinski definition) is 0. The van der Waals surface area contributed by atoms with Crippen molar-refractivity contribution in [3.8, 4) is 56.4 Å². The first-order valence-corrected chi connectivity index (χ1v) is 18.4. The van der Waals surface area contributed by atoms with Gasteiger partial charge in [0.05, 0.1) is 0 Å². The second kappa shape index (κ2) is 12.5. The van der Waals surface area contributed by atoms with Crippen molar-refractivity contribution in [2.75, 3.05) is 0 Å². The zero-order valence-corrected chi connectivity index (χ0v) is 29.5. The van der Waals surface area contributed by atoms with Gasteiger partial charge in [-0.05, 0) is 80.9 Å². The number of nitrogens with zero attached hydrogens (tertiary/aromatic N) is 3. The second-order valence-corrected chi connectivity index (χ2v) is 13.8. The fraction of sp³-hybridized carbons (Fsp3) is 0.